The SMILES string of the molecule is CN(C)S(=O)(=O)C[C@@H]1CN(c2nccc(N3CCC(O)CC3)n2)C[C@H]1O.O=CO. The number of aliphatic hydroxyl groups is 2. The molecular formula is C17H29N5O6S. The number of anilines is 2. The second-order valence-electron chi connectivity index (χ2n) is 7.33. The fourth-order valence-electron chi connectivity index (χ4n) is 3.36. The van der Waals surface area contributed by atoms with Crippen LogP contribution in [0.3, 0.4) is 0 Å². The number of aliphatic hydroxyl groups excluding tert-OH is 2. The third kappa shape index (κ3) is 6.23. The standard InChI is InChI=1S/C16H27N5O4S.CH2O2/c1-19(2)26(24,25)11-12-9-21(10-14(12)23)16-17-6-3-15(18-16)20-7-4-13(22)5-8-20;2-1-3/h3,6,12-14,22-23H,4-5,7-11H2,1-2H3;1H,(H,2,3)/t12-,14+;/m0./s1. The molecule has 2 saturated heterocycles. The lowest BCUT2D eigenvalue weighted by Crippen LogP contribution is -2.36. The molecule has 0 amide bonds. The maximum Gasteiger partial charge on any atom is 0.290 e. The topological polar surface area (TPSA) is 147 Å². The van der Waals surface area contributed by atoms with E-state index >= 15 is 0 Å². The summed E-state index contributed by atoms with van der Waals surface area (Å²) in [6.07, 6.45) is 2.13. The lowest BCUT2D eigenvalue weighted by atomic mass is 10.1. The van der Waals surface area contributed by atoms with Crippen LogP contribution in [0.2, 0.25) is 0 Å². The van der Waals surface area contributed by atoms with Gasteiger partial charge in [-0.2, -0.15) is 4.98 Å². The van der Waals surface area contributed by atoms with Crippen LogP contribution in [0, 0.1) is 5.92 Å². The Kier molecular flexibility index (Phi) is 8.14. The van der Waals surface area contributed by atoms with Crippen molar-refractivity contribution in [2.75, 3.05) is 55.8 Å². The van der Waals surface area contributed by atoms with E-state index in [0.29, 0.717) is 31.9 Å². The van der Waals surface area contributed by atoms with Crippen LogP contribution in [-0.4, -0.2) is 103 Å². The quantitative estimate of drug-likeness (QED) is 0.487. The molecule has 0 bridgehead atoms. The summed E-state index contributed by atoms with van der Waals surface area (Å²) in [5, 5.41) is 26.8. The Morgan fingerprint density at radius 3 is 2.41 bits per heavy atom. The maximum absolute atomic E-state index is 12.1. The minimum Gasteiger partial charge on any atom is -0.483 e. The molecule has 0 aromatic carbocycles. The van der Waals surface area contributed by atoms with E-state index in [1.807, 2.05) is 11.0 Å². The molecule has 1 aromatic rings. The van der Waals surface area contributed by atoms with Crippen LogP contribution < -0.4 is 9.80 Å². The highest BCUT2D eigenvalue weighted by atomic mass is 32.2. The van der Waals surface area contributed by atoms with Crippen molar-refractivity contribution < 1.29 is 28.5 Å². The normalized spacial score (nSPS) is 23.1. The molecule has 2 fully saturated rings. The van der Waals surface area contributed by atoms with Gasteiger partial charge in [-0.05, 0) is 18.9 Å². The van der Waals surface area contributed by atoms with E-state index in [0.717, 1.165) is 18.9 Å². The Morgan fingerprint density at radius 1 is 1.21 bits per heavy atom. The van der Waals surface area contributed by atoms with Gasteiger partial charge in [0.25, 0.3) is 6.47 Å². The van der Waals surface area contributed by atoms with Gasteiger partial charge in [-0.3, -0.25) is 4.79 Å². The first-order valence-electron chi connectivity index (χ1n) is 9.35. The zero-order chi connectivity index (χ0) is 21.6. The van der Waals surface area contributed by atoms with Crippen molar-refractivity contribution in [1.29, 1.82) is 0 Å². The Labute approximate surface area is 170 Å². The lowest BCUT2D eigenvalue weighted by Gasteiger charge is -2.31. The number of hydrogen-bond donors (Lipinski definition) is 3. The lowest BCUT2D eigenvalue weighted by molar-refractivity contribution is -0.122. The summed E-state index contributed by atoms with van der Waals surface area (Å²) in [6, 6.07) is 1.84. The molecule has 12 heteroatoms. The van der Waals surface area contributed by atoms with Crippen molar-refractivity contribution in [2.24, 2.45) is 5.92 Å². The molecule has 0 saturated carbocycles. The van der Waals surface area contributed by atoms with Crippen LogP contribution in [0.4, 0.5) is 11.8 Å². The molecule has 0 unspecified atom stereocenters. The zero-order valence-electron chi connectivity index (χ0n) is 16.6. The van der Waals surface area contributed by atoms with Gasteiger partial charge in [0.05, 0.1) is 18.0 Å². The van der Waals surface area contributed by atoms with Crippen LogP contribution in [0.15, 0.2) is 12.3 Å². The molecule has 164 valence electrons. The monoisotopic (exact) mass is 431 g/mol. The first-order chi connectivity index (χ1) is 13.7. The van der Waals surface area contributed by atoms with Gasteiger partial charge in [0.2, 0.25) is 16.0 Å². The summed E-state index contributed by atoms with van der Waals surface area (Å²) in [6.45, 7) is 1.94. The van der Waals surface area contributed by atoms with Gasteiger partial charge in [0, 0.05) is 52.4 Å². The average molecular weight is 432 g/mol. The summed E-state index contributed by atoms with van der Waals surface area (Å²) >= 11 is 0. The van der Waals surface area contributed by atoms with E-state index in [1.54, 1.807) is 6.20 Å². The van der Waals surface area contributed by atoms with E-state index in [1.165, 1.54) is 18.4 Å². The minimum atomic E-state index is -3.38. The van der Waals surface area contributed by atoms with E-state index < -0.39 is 16.1 Å². The van der Waals surface area contributed by atoms with Crippen LogP contribution in [0.25, 0.3) is 0 Å². The number of carboxylic acid groups (broad SMARTS) is 1. The zero-order valence-corrected chi connectivity index (χ0v) is 17.4. The van der Waals surface area contributed by atoms with Gasteiger partial charge in [0.1, 0.15) is 5.82 Å². The number of piperidine rings is 1. The second-order valence-corrected chi connectivity index (χ2v) is 9.56. The summed E-state index contributed by atoms with van der Waals surface area (Å²) < 4.78 is 25.4. The van der Waals surface area contributed by atoms with Gasteiger partial charge < -0.3 is 25.1 Å². The Morgan fingerprint density at radius 2 is 1.83 bits per heavy atom. The molecule has 3 rings (SSSR count). The molecule has 11 nitrogen and oxygen atoms in total. The molecule has 3 heterocycles. The number of aromatic nitrogens is 2. The van der Waals surface area contributed by atoms with Gasteiger partial charge in [-0.15, -0.1) is 0 Å². The first kappa shape index (κ1) is 23.3. The smallest absolute Gasteiger partial charge is 0.290 e. The molecular weight excluding hydrogens is 402 g/mol. The Hall–Kier alpha value is -2.02. The van der Waals surface area contributed by atoms with Crippen molar-refractivity contribution in [1.82, 2.24) is 14.3 Å². The van der Waals surface area contributed by atoms with Crippen molar-refractivity contribution in [3.8, 4) is 0 Å². The molecule has 0 aliphatic carbocycles. The van der Waals surface area contributed by atoms with E-state index in [2.05, 4.69) is 14.9 Å². The number of sulfonamides is 1. The number of nitrogens with zero attached hydrogens (tertiary/aromatic N) is 5. The predicted octanol–water partition coefficient (Wildman–Crippen LogP) is -1.17. The summed E-state index contributed by atoms with van der Waals surface area (Å²) in [4.78, 5) is 21.2. The number of rotatable bonds is 5. The highest BCUT2D eigenvalue weighted by Gasteiger charge is 2.36. The number of hydrogen-bond acceptors (Lipinski definition) is 9. The molecule has 29 heavy (non-hydrogen) atoms. The van der Waals surface area contributed by atoms with Crippen molar-refractivity contribution in [3.63, 3.8) is 0 Å². The highest BCUT2D eigenvalue weighted by Crippen LogP contribution is 2.25. The predicted molar refractivity (Wildman–Crippen MR) is 107 cm³/mol. The summed E-state index contributed by atoms with van der Waals surface area (Å²) in [5.41, 5.74) is 0. The molecule has 2 aliphatic rings. The first-order valence-corrected chi connectivity index (χ1v) is 11.0. The average Bonchev–Trinajstić information content (AvgIpc) is 3.03. The minimum absolute atomic E-state index is 0.0959. The van der Waals surface area contributed by atoms with Gasteiger partial charge in [0.15, 0.2) is 0 Å². The van der Waals surface area contributed by atoms with Crippen molar-refractivity contribution in [2.45, 2.75) is 25.0 Å². The van der Waals surface area contributed by atoms with Gasteiger partial charge in [-0.1, -0.05) is 0 Å². The van der Waals surface area contributed by atoms with Crippen molar-refractivity contribution in [3.05, 3.63) is 12.3 Å². The van der Waals surface area contributed by atoms with Crippen LogP contribution in [0.1, 0.15) is 12.8 Å². The fraction of sp³-hybridized carbons (Fsp3) is 0.706. The van der Waals surface area contributed by atoms with Gasteiger partial charge in [-0.25, -0.2) is 17.7 Å². The van der Waals surface area contributed by atoms with Crippen LogP contribution in [-0.2, 0) is 14.8 Å². The van der Waals surface area contributed by atoms with E-state index in [4.69, 9.17) is 9.90 Å². The Bertz CT molecular complexity index is 769. The maximum atomic E-state index is 12.1. The molecule has 2 atom stereocenters. The van der Waals surface area contributed by atoms with Gasteiger partial charge >= 0.3 is 0 Å². The third-order valence-electron chi connectivity index (χ3n) is 5.09. The number of carbonyl (C=O) groups is 1. The molecule has 0 spiro atoms. The number of β-amino-alcohol motifs (C(OH)–C–C–N with tert-alkyl or cyclic N) is 1. The Balaban J connectivity index is 0.000000941. The third-order valence-corrected chi connectivity index (χ3v) is 7.05. The molecule has 0 radical (unpaired) electrons. The van der Waals surface area contributed by atoms with E-state index in [-0.39, 0.29) is 24.2 Å². The molecule has 3 N–H and O–H groups in total. The van der Waals surface area contributed by atoms with Crippen molar-refractivity contribution >= 4 is 28.3 Å². The summed E-state index contributed by atoms with van der Waals surface area (Å²) in [7, 11) is -0.384. The highest BCUT2D eigenvalue weighted by molar-refractivity contribution is 7.89. The molecule has 2 aliphatic heterocycles. The van der Waals surface area contributed by atoms with E-state index in [9.17, 15) is 18.6 Å². The summed E-state index contributed by atoms with van der Waals surface area (Å²) in [5.74, 6) is 0.819. The fourth-order valence-corrected chi connectivity index (χ4v) is 4.53. The largest absolute Gasteiger partial charge is 0.483 e. The van der Waals surface area contributed by atoms with Crippen LogP contribution in [0.5, 0.6) is 0 Å². The second kappa shape index (κ2) is 10.1. The van der Waals surface area contributed by atoms with Crippen LogP contribution >= 0.6 is 0 Å². The molecule has 1 aromatic heterocycles.